The molecule has 1 saturated heterocycles. The third-order valence-electron chi connectivity index (χ3n) is 3.91. The number of halogens is 1. The summed E-state index contributed by atoms with van der Waals surface area (Å²) in [4.78, 5) is 4.45. The maximum absolute atomic E-state index is 14.0. The van der Waals surface area contributed by atoms with E-state index in [2.05, 4.69) is 25.9 Å². The number of ether oxygens (including phenoxy) is 1. The lowest BCUT2D eigenvalue weighted by atomic mass is 9.98. The van der Waals surface area contributed by atoms with Crippen LogP contribution in [0.15, 0.2) is 39.2 Å². The number of anilines is 1. The zero-order valence-electron chi connectivity index (χ0n) is 13.5. The second-order valence-electron chi connectivity index (χ2n) is 5.62. The van der Waals surface area contributed by atoms with Gasteiger partial charge in [-0.05, 0) is 38.1 Å². The number of nitrogens with one attached hydrogen (secondary N) is 3. The van der Waals surface area contributed by atoms with Gasteiger partial charge in [0.25, 0.3) is 0 Å². The highest BCUT2D eigenvalue weighted by Crippen LogP contribution is 2.25. The van der Waals surface area contributed by atoms with E-state index in [-0.39, 0.29) is 12.4 Å². The predicted molar refractivity (Wildman–Crippen MR) is 89.3 cm³/mol. The molecule has 0 spiro atoms. The maximum Gasteiger partial charge on any atom is 0.197 e. The van der Waals surface area contributed by atoms with Crippen LogP contribution in [0, 0.1) is 11.3 Å². The van der Waals surface area contributed by atoms with Crippen molar-refractivity contribution in [2.45, 2.75) is 25.4 Å². The van der Waals surface area contributed by atoms with Crippen LogP contribution in [0.5, 0.6) is 5.75 Å². The fourth-order valence-electron chi connectivity index (χ4n) is 2.64. The van der Waals surface area contributed by atoms with Gasteiger partial charge in [0.1, 0.15) is 24.9 Å². The standard InChI is InChI=1S/C16H19FN6O2/c17-14-7-12(20-10-21-23-18)1-2-15(14)24-8-13-9-25-16(22-13)11-3-5-19-6-4-11/h1-2,7,9-11,19H,3-6,8H2,(H2,18,20,21). The highest BCUT2D eigenvalue weighted by Gasteiger charge is 2.20. The number of nitrogens with zero attached hydrogens (tertiary/aromatic N) is 3. The molecule has 0 amide bonds. The first-order valence-corrected chi connectivity index (χ1v) is 7.98. The summed E-state index contributed by atoms with van der Waals surface area (Å²) in [6.07, 6.45) is 4.76. The molecular weight excluding hydrogens is 327 g/mol. The lowest BCUT2D eigenvalue weighted by molar-refractivity contribution is 0.285. The first kappa shape index (κ1) is 17.0. The zero-order chi connectivity index (χ0) is 17.5. The number of benzene rings is 1. The lowest BCUT2D eigenvalue weighted by Crippen LogP contribution is -2.26. The van der Waals surface area contributed by atoms with E-state index in [1.165, 1.54) is 18.5 Å². The van der Waals surface area contributed by atoms with Gasteiger partial charge in [0.2, 0.25) is 0 Å². The molecule has 1 aliphatic rings. The Morgan fingerprint density at radius 3 is 3.04 bits per heavy atom. The molecule has 2 heterocycles. The quantitative estimate of drug-likeness (QED) is 0.309. The fraction of sp³-hybridized carbons (Fsp3) is 0.375. The summed E-state index contributed by atoms with van der Waals surface area (Å²) in [6, 6.07) is 4.42. The average molecular weight is 346 g/mol. The molecule has 0 radical (unpaired) electrons. The Bertz CT molecular complexity index is 742. The van der Waals surface area contributed by atoms with Gasteiger partial charge in [-0.3, -0.25) is 0 Å². The molecule has 2 aromatic rings. The number of hydrogen-bond acceptors (Lipinski definition) is 6. The lowest BCUT2D eigenvalue weighted by Gasteiger charge is -2.19. The Kier molecular flexibility index (Phi) is 5.68. The maximum atomic E-state index is 14.0. The number of aromatic nitrogens is 1. The van der Waals surface area contributed by atoms with Crippen molar-refractivity contribution in [1.82, 2.24) is 10.3 Å². The molecule has 0 atom stereocenters. The number of piperidine rings is 1. The SMILES string of the molecule is N=N/N=C\Nc1ccc(OCc2coc(C3CCNCC3)n2)c(F)c1. The molecule has 3 rings (SSSR count). The summed E-state index contributed by atoms with van der Waals surface area (Å²) in [5, 5.41) is 12.1. The number of hydrogen-bond donors (Lipinski definition) is 3. The molecule has 1 aromatic heterocycles. The van der Waals surface area contributed by atoms with E-state index in [0.29, 0.717) is 17.3 Å². The summed E-state index contributed by atoms with van der Waals surface area (Å²) in [5.41, 5.74) is 7.64. The minimum atomic E-state index is -0.511. The Labute approximate surface area is 144 Å². The van der Waals surface area contributed by atoms with E-state index in [1.54, 1.807) is 12.3 Å². The van der Waals surface area contributed by atoms with Gasteiger partial charge in [-0.25, -0.2) is 9.37 Å². The minimum absolute atomic E-state index is 0.124. The summed E-state index contributed by atoms with van der Waals surface area (Å²) < 4.78 is 25.1. The van der Waals surface area contributed by atoms with Gasteiger partial charge in [0.05, 0.1) is 0 Å². The molecule has 0 bridgehead atoms. The Morgan fingerprint density at radius 1 is 1.44 bits per heavy atom. The van der Waals surface area contributed by atoms with Crippen molar-refractivity contribution in [3.05, 3.63) is 41.9 Å². The van der Waals surface area contributed by atoms with E-state index in [1.807, 2.05) is 0 Å². The second-order valence-corrected chi connectivity index (χ2v) is 5.62. The topological polar surface area (TPSA) is 108 Å². The van der Waals surface area contributed by atoms with Crippen LogP contribution in [0.25, 0.3) is 0 Å². The van der Waals surface area contributed by atoms with Gasteiger partial charge >= 0.3 is 0 Å². The van der Waals surface area contributed by atoms with Crippen LogP contribution in [0.2, 0.25) is 0 Å². The summed E-state index contributed by atoms with van der Waals surface area (Å²) in [6.45, 7) is 2.06. The largest absolute Gasteiger partial charge is 0.484 e. The van der Waals surface area contributed by atoms with Gasteiger partial charge in [0, 0.05) is 17.7 Å². The van der Waals surface area contributed by atoms with Gasteiger partial charge < -0.3 is 19.8 Å². The molecule has 0 aliphatic carbocycles. The predicted octanol–water partition coefficient (Wildman–Crippen LogP) is 3.25. The Balaban J connectivity index is 1.57. The molecule has 1 fully saturated rings. The summed E-state index contributed by atoms with van der Waals surface area (Å²) >= 11 is 0. The van der Waals surface area contributed by atoms with Crippen molar-refractivity contribution in [3.8, 4) is 5.75 Å². The first-order chi connectivity index (χ1) is 12.3. The molecular formula is C16H19FN6O2. The van der Waals surface area contributed by atoms with Crippen molar-refractivity contribution in [1.29, 1.82) is 5.53 Å². The Hall–Kier alpha value is -2.81. The van der Waals surface area contributed by atoms with Crippen LogP contribution in [-0.4, -0.2) is 24.4 Å². The van der Waals surface area contributed by atoms with Crippen LogP contribution in [0.4, 0.5) is 10.1 Å². The normalized spacial score (nSPS) is 15.4. The zero-order valence-corrected chi connectivity index (χ0v) is 13.5. The highest BCUT2D eigenvalue weighted by molar-refractivity contribution is 5.75. The van der Waals surface area contributed by atoms with Crippen LogP contribution in [0.3, 0.4) is 0 Å². The van der Waals surface area contributed by atoms with E-state index in [9.17, 15) is 4.39 Å². The van der Waals surface area contributed by atoms with Gasteiger partial charge in [-0.2, -0.15) is 5.53 Å². The monoisotopic (exact) mass is 346 g/mol. The van der Waals surface area contributed by atoms with Crippen molar-refractivity contribution in [2.24, 2.45) is 10.3 Å². The molecule has 8 nitrogen and oxygen atoms in total. The average Bonchev–Trinajstić information content (AvgIpc) is 3.11. The molecule has 0 saturated carbocycles. The van der Waals surface area contributed by atoms with E-state index >= 15 is 0 Å². The van der Waals surface area contributed by atoms with Crippen LogP contribution in [0.1, 0.15) is 30.3 Å². The molecule has 25 heavy (non-hydrogen) atoms. The van der Waals surface area contributed by atoms with Gasteiger partial charge in [-0.15, -0.1) is 5.10 Å². The third-order valence-corrected chi connectivity index (χ3v) is 3.91. The van der Waals surface area contributed by atoms with Crippen molar-refractivity contribution >= 4 is 12.0 Å². The smallest absolute Gasteiger partial charge is 0.197 e. The molecule has 132 valence electrons. The molecule has 0 unspecified atom stereocenters. The van der Waals surface area contributed by atoms with Gasteiger partial charge in [0.15, 0.2) is 17.5 Å². The molecule has 1 aliphatic heterocycles. The van der Waals surface area contributed by atoms with Crippen LogP contribution < -0.4 is 15.4 Å². The highest BCUT2D eigenvalue weighted by atomic mass is 19.1. The Morgan fingerprint density at radius 2 is 2.28 bits per heavy atom. The summed E-state index contributed by atoms with van der Waals surface area (Å²) in [5.74, 6) is 0.663. The van der Waals surface area contributed by atoms with Crippen molar-refractivity contribution in [3.63, 3.8) is 0 Å². The number of oxazole rings is 1. The molecule has 3 N–H and O–H groups in total. The van der Waals surface area contributed by atoms with Crippen LogP contribution >= 0.6 is 0 Å². The van der Waals surface area contributed by atoms with E-state index in [4.69, 9.17) is 14.7 Å². The summed E-state index contributed by atoms with van der Waals surface area (Å²) in [7, 11) is 0. The van der Waals surface area contributed by atoms with Crippen molar-refractivity contribution < 1.29 is 13.5 Å². The third kappa shape index (κ3) is 4.60. The minimum Gasteiger partial charge on any atom is -0.484 e. The van der Waals surface area contributed by atoms with Crippen LogP contribution in [-0.2, 0) is 6.61 Å². The molecule has 9 heteroatoms. The van der Waals surface area contributed by atoms with Crippen molar-refractivity contribution in [2.75, 3.05) is 18.4 Å². The van der Waals surface area contributed by atoms with E-state index < -0.39 is 5.82 Å². The number of rotatable bonds is 7. The van der Waals surface area contributed by atoms with E-state index in [0.717, 1.165) is 31.8 Å². The second kappa shape index (κ2) is 8.34. The molecule has 1 aromatic carbocycles. The fourth-order valence-corrected chi connectivity index (χ4v) is 2.64. The first-order valence-electron chi connectivity index (χ1n) is 7.98. The van der Waals surface area contributed by atoms with Gasteiger partial charge in [-0.1, -0.05) is 5.22 Å².